The number of hydrazine groups is 1. The number of halogens is 1. The maximum atomic E-state index is 6.07. The first-order chi connectivity index (χ1) is 9.15. The van der Waals surface area contributed by atoms with Gasteiger partial charge in [0.1, 0.15) is 0 Å². The van der Waals surface area contributed by atoms with Gasteiger partial charge >= 0.3 is 0 Å². The molecule has 0 aliphatic heterocycles. The maximum Gasteiger partial charge on any atom is 0.0743 e. The predicted octanol–water partition coefficient (Wildman–Crippen LogP) is 2.81. The second-order valence-corrected chi connectivity index (χ2v) is 5.07. The average Bonchev–Trinajstić information content (AvgIpc) is 2.83. The van der Waals surface area contributed by atoms with Crippen LogP contribution in [0.15, 0.2) is 30.6 Å². The molecule has 102 valence electrons. The minimum Gasteiger partial charge on any atom is -0.272 e. The number of aryl methyl sites for hydroxylation is 2. The van der Waals surface area contributed by atoms with Crippen LogP contribution in [0.5, 0.6) is 0 Å². The summed E-state index contributed by atoms with van der Waals surface area (Å²) >= 11 is 6.07. The lowest BCUT2D eigenvalue weighted by Gasteiger charge is -2.17. The predicted molar refractivity (Wildman–Crippen MR) is 77.9 cm³/mol. The second-order valence-electron chi connectivity index (χ2n) is 4.64. The van der Waals surface area contributed by atoms with E-state index >= 15 is 0 Å². The first kappa shape index (κ1) is 14.1. The number of nitrogens with one attached hydrogen (secondary N) is 1. The van der Waals surface area contributed by atoms with Crippen molar-refractivity contribution in [3.8, 4) is 0 Å². The Labute approximate surface area is 118 Å². The summed E-state index contributed by atoms with van der Waals surface area (Å²) in [4.78, 5) is 0. The Balaban J connectivity index is 2.35. The van der Waals surface area contributed by atoms with Gasteiger partial charge in [-0.15, -0.1) is 0 Å². The Bertz CT molecular complexity index is 550. The highest BCUT2D eigenvalue weighted by atomic mass is 35.5. The lowest BCUT2D eigenvalue weighted by Crippen LogP contribution is -2.29. The number of hydrogen-bond acceptors (Lipinski definition) is 3. The Morgan fingerprint density at radius 3 is 2.95 bits per heavy atom. The third-order valence-electron chi connectivity index (χ3n) is 3.16. The second kappa shape index (κ2) is 6.19. The van der Waals surface area contributed by atoms with Crippen molar-refractivity contribution in [2.45, 2.75) is 32.9 Å². The largest absolute Gasteiger partial charge is 0.272 e. The van der Waals surface area contributed by atoms with Gasteiger partial charge in [-0.05, 0) is 36.6 Å². The molecule has 0 aliphatic carbocycles. The fourth-order valence-electron chi connectivity index (χ4n) is 2.17. The van der Waals surface area contributed by atoms with Gasteiger partial charge in [0, 0.05) is 23.3 Å². The van der Waals surface area contributed by atoms with Crippen molar-refractivity contribution >= 4 is 11.6 Å². The van der Waals surface area contributed by atoms with Gasteiger partial charge in [-0.2, -0.15) is 5.10 Å². The van der Waals surface area contributed by atoms with Crippen molar-refractivity contribution in [3.05, 3.63) is 52.3 Å². The summed E-state index contributed by atoms with van der Waals surface area (Å²) in [6.07, 6.45) is 4.92. The van der Waals surface area contributed by atoms with Crippen molar-refractivity contribution in [2.24, 2.45) is 5.84 Å². The quantitative estimate of drug-likeness (QED) is 0.653. The summed E-state index contributed by atoms with van der Waals surface area (Å²) < 4.78 is 1.93. The monoisotopic (exact) mass is 278 g/mol. The first-order valence-corrected chi connectivity index (χ1v) is 6.78. The highest BCUT2D eigenvalue weighted by Crippen LogP contribution is 2.26. The fourth-order valence-corrected chi connectivity index (χ4v) is 2.35. The first-order valence-electron chi connectivity index (χ1n) is 6.40. The van der Waals surface area contributed by atoms with E-state index in [4.69, 9.17) is 17.4 Å². The molecular weight excluding hydrogens is 260 g/mol. The van der Waals surface area contributed by atoms with Crippen LogP contribution in [-0.4, -0.2) is 9.78 Å². The molecule has 1 aromatic carbocycles. The molecule has 2 rings (SSSR count). The van der Waals surface area contributed by atoms with E-state index in [1.165, 1.54) is 0 Å². The summed E-state index contributed by atoms with van der Waals surface area (Å²) in [6, 6.07) is 5.73. The van der Waals surface area contributed by atoms with Crippen molar-refractivity contribution in [1.29, 1.82) is 0 Å². The van der Waals surface area contributed by atoms with Crippen LogP contribution in [0.2, 0.25) is 5.02 Å². The molecule has 0 radical (unpaired) electrons. The Kier molecular flexibility index (Phi) is 4.58. The molecule has 1 aromatic heterocycles. The van der Waals surface area contributed by atoms with Crippen LogP contribution in [0.1, 0.15) is 36.1 Å². The van der Waals surface area contributed by atoms with Crippen LogP contribution in [0, 0.1) is 6.92 Å². The van der Waals surface area contributed by atoms with Crippen LogP contribution in [-0.2, 0) is 6.54 Å². The van der Waals surface area contributed by atoms with Gasteiger partial charge in [0.15, 0.2) is 0 Å². The lowest BCUT2D eigenvalue weighted by molar-refractivity contribution is 0.597. The van der Waals surface area contributed by atoms with Gasteiger partial charge in [0.25, 0.3) is 0 Å². The average molecular weight is 279 g/mol. The highest BCUT2D eigenvalue weighted by molar-refractivity contribution is 6.30. The van der Waals surface area contributed by atoms with E-state index in [0.717, 1.165) is 29.7 Å². The van der Waals surface area contributed by atoms with Gasteiger partial charge in [0.05, 0.1) is 12.2 Å². The molecule has 1 unspecified atom stereocenters. The number of benzene rings is 1. The van der Waals surface area contributed by atoms with E-state index in [-0.39, 0.29) is 6.04 Å². The topological polar surface area (TPSA) is 55.9 Å². The van der Waals surface area contributed by atoms with Gasteiger partial charge in [-0.1, -0.05) is 24.6 Å². The van der Waals surface area contributed by atoms with Gasteiger partial charge in [-0.25, -0.2) is 5.43 Å². The molecule has 0 spiro atoms. The molecular formula is C14H19ClN4. The van der Waals surface area contributed by atoms with Gasteiger partial charge in [0.2, 0.25) is 0 Å². The lowest BCUT2D eigenvalue weighted by atomic mass is 9.98. The summed E-state index contributed by atoms with van der Waals surface area (Å²) in [5, 5.41) is 5.05. The Hall–Kier alpha value is -1.36. The molecule has 0 amide bonds. The van der Waals surface area contributed by atoms with E-state index in [2.05, 4.69) is 17.4 Å². The third kappa shape index (κ3) is 3.15. The van der Waals surface area contributed by atoms with Crippen molar-refractivity contribution in [1.82, 2.24) is 15.2 Å². The molecule has 1 atom stereocenters. The zero-order valence-electron chi connectivity index (χ0n) is 11.2. The number of aromatic nitrogens is 2. The minimum absolute atomic E-state index is 0.0932. The molecule has 2 aromatic rings. The van der Waals surface area contributed by atoms with Crippen molar-refractivity contribution in [2.75, 3.05) is 0 Å². The zero-order valence-corrected chi connectivity index (χ0v) is 12.0. The summed E-state index contributed by atoms with van der Waals surface area (Å²) in [5.41, 5.74) is 6.11. The molecule has 0 aliphatic rings. The summed E-state index contributed by atoms with van der Waals surface area (Å²) in [7, 11) is 0. The molecule has 0 fully saturated rings. The Morgan fingerprint density at radius 2 is 2.26 bits per heavy atom. The smallest absolute Gasteiger partial charge is 0.0743 e. The third-order valence-corrected chi connectivity index (χ3v) is 3.39. The molecule has 0 saturated carbocycles. The van der Waals surface area contributed by atoms with E-state index in [1.54, 1.807) is 0 Å². The number of nitrogens with two attached hydrogens (primary N) is 1. The maximum absolute atomic E-state index is 6.07. The zero-order chi connectivity index (χ0) is 13.8. The SMILES string of the molecule is CCCn1cc(C(NN)c2cc(Cl)ccc2C)cn1. The normalized spacial score (nSPS) is 12.6. The minimum atomic E-state index is -0.0932. The van der Waals surface area contributed by atoms with Gasteiger partial charge in [-0.3, -0.25) is 10.5 Å². The summed E-state index contributed by atoms with van der Waals surface area (Å²) in [6.45, 7) is 5.08. The Morgan fingerprint density at radius 1 is 1.47 bits per heavy atom. The molecule has 19 heavy (non-hydrogen) atoms. The molecule has 5 heteroatoms. The standard InChI is InChI=1S/C14H19ClN4/c1-3-6-19-9-11(8-17-19)14(18-16)13-7-12(15)5-4-10(13)2/h4-5,7-9,14,18H,3,6,16H2,1-2H3. The van der Waals surface area contributed by atoms with Crippen LogP contribution in [0.3, 0.4) is 0 Å². The number of hydrogen-bond donors (Lipinski definition) is 2. The molecule has 0 bridgehead atoms. The molecule has 4 nitrogen and oxygen atoms in total. The van der Waals surface area contributed by atoms with E-state index in [0.29, 0.717) is 5.02 Å². The number of rotatable bonds is 5. The molecule has 3 N–H and O–H groups in total. The van der Waals surface area contributed by atoms with Crippen LogP contribution in [0.4, 0.5) is 0 Å². The molecule has 1 heterocycles. The van der Waals surface area contributed by atoms with Crippen LogP contribution in [0.25, 0.3) is 0 Å². The van der Waals surface area contributed by atoms with E-state index in [1.807, 2.05) is 42.2 Å². The highest BCUT2D eigenvalue weighted by Gasteiger charge is 2.16. The van der Waals surface area contributed by atoms with E-state index in [9.17, 15) is 0 Å². The van der Waals surface area contributed by atoms with Crippen molar-refractivity contribution in [3.63, 3.8) is 0 Å². The fraction of sp³-hybridized carbons (Fsp3) is 0.357. The summed E-state index contributed by atoms with van der Waals surface area (Å²) in [5.74, 6) is 5.71. The van der Waals surface area contributed by atoms with Crippen molar-refractivity contribution < 1.29 is 0 Å². The van der Waals surface area contributed by atoms with Crippen LogP contribution >= 0.6 is 11.6 Å². The van der Waals surface area contributed by atoms with Crippen LogP contribution < -0.4 is 11.3 Å². The number of nitrogens with zero attached hydrogens (tertiary/aromatic N) is 2. The van der Waals surface area contributed by atoms with Gasteiger partial charge < -0.3 is 0 Å². The molecule has 0 saturated heterocycles. The van der Waals surface area contributed by atoms with E-state index < -0.39 is 0 Å².